The van der Waals surface area contributed by atoms with E-state index in [1.165, 1.54) is 12.8 Å². The van der Waals surface area contributed by atoms with Crippen LogP contribution in [-0.4, -0.2) is 42.0 Å². The van der Waals surface area contributed by atoms with E-state index in [9.17, 15) is 4.79 Å². The van der Waals surface area contributed by atoms with Gasteiger partial charge in [-0.2, -0.15) is 0 Å². The van der Waals surface area contributed by atoms with Crippen LogP contribution < -0.4 is 11.1 Å². The van der Waals surface area contributed by atoms with Crippen molar-refractivity contribution in [1.29, 1.82) is 0 Å². The van der Waals surface area contributed by atoms with Gasteiger partial charge in [-0.15, -0.1) is 24.8 Å². The van der Waals surface area contributed by atoms with E-state index in [-0.39, 0.29) is 30.7 Å². The molecule has 1 fully saturated rings. The molecule has 5 nitrogen and oxygen atoms in total. The number of carbonyl (C=O) groups excluding carboxylic acids is 1. The van der Waals surface area contributed by atoms with Crippen LogP contribution in [-0.2, 0) is 0 Å². The van der Waals surface area contributed by atoms with Crippen molar-refractivity contribution < 1.29 is 4.79 Å². The van der Waals surface area contributed by atoms with E-state index in [4.69, 9.17) is 5.73 Å². The molecule has 1 saturated heterocycles. The van der Waals surface area contributed by atoms with Crippen molar-refractivity contribution in [3.63, 3.8) is 0 Å². The van der Waals surface area contributed by atoms with Gasteiger partial charge in [0.15, 0.2) is 0 Å². The second-order valence-corrected chi connectivity index (χ2v) is 4.25. The third-order valence-electron chi connectivity index (χ3n) is 2.92. The van der Waals surface area contributed by atoms with Crippen molar-refractivity contribution in [1.82, 2.24) is 15.2 Å². The number of nitrogens with two attached hydrogens (primary N) is 1. The minimum absolute atomic E-state index is 0. The highest BCUT2D eigenvalue weighted by atomic mass is 35.5. The van der Waals surface area contributed by atoms with Crippen LogP contribution in [0.15, 0.2) is 18.2 Å². The van der Waals surface area contributed by atoms with Gasteiger partial charge in [0.25, 0.3) is 5.91 Å². The first-order valence-electron chi connectivity index (χ1n) is 5.99. The number of nitrogens with one attached hydrogen (secondary N) is 1. The van der Waals surface area contributed by atoms with Crippen LogP contribution in [0, 0.1) is 0 Å². The van der Waals surface area contributed by atoms with Crippen LogP contribution >= 0.6 is 24.8 Å². The van der Waals surface area contributed by atoms with E-state index in [0.29, 0.717) is 18.1 Å². The van der Waals surface area contributed by atoms with Gasteiger partial charge in [-0.05, 0) is 38.1 Å². The monoisotopic (exact) mass is 306 g/mol. The Morgan fingerprint density at radius 3 is 2.63 bits per heavy atom. The van der Waals surface area contributed by atoms with Crippen molar-refractivity contribution in [2.45, 2.75) is 12.8 Å². The molecule has 1 aliphatic rings. The Balaban J connectivity index is 0.00000162. The van der Waals surface area contributed by atoms with Crippen LogP contribution in [0.25, 0.3) is 0 Å². The number of pyridine rings is 1. The molecule has 0 aromatic carbocycles. The lowest BCUT2D eigenvalue weighted by molar-refractivity contribution is 0.0945. The molecule has 1 aliphatic heterocycles. The molecule has 0 spiro atoms. The normalized spacial score (nSPS) is 14.3. The van der Waals surface area contributed by atoms with Gasteiger partial charge in [-0.3, -0.25) is 4.79 Å². The fourth-order valence-corrected chi connectivity index (χ4v) is 2.00. The zero-order valence-corrected chi connectivity index (χ0v) is 12.3. The van der Waals surface area contributed by atoms with E-state index in [2.05, 4.69) is 15.2 Å². The summed E-state index contributed by atoms with van der Waals surface area (Å²) >= 11 is 0. The summed E-state index contributed by atoms with van der Waals surface area (Å²) in [7, 11) is 0. The Bertz CT molecular complexity index is 397. The van der Waals surface area contributed by atoms with E-state index < -0.39 is 0 Å². The molecule has 0 atom stereocenters. The number of aromatic nitrogens is 1. The first-order chi connectivity index (χ1) is 8.25. The number of amides is 1. The quantitative estimate of drug-likeness (QED) is 0.880. The predicted octanol–water partition coefficient (Wildman–Crippen LogP) is 1.33. The molecule has 7 heteroatoms. The molecule has 1 aromatic heterocycles. The number of halogens is 2. The third kappa shape index (κ3) is 5.63. The lowest BCUT2D eigenvalue weighted by atomic mass is 10.3. The number of hydrogen-bond donors (Lipinski definition) is 2. The number of nitrogens with zero attached hydrogens (tertiary/aromatic N) is 2. The van der Waals surface area contributed by atoms with Crippen molar-refractivity contribution in [2.24, 2.45) is 0 Å². The molecule has 0 unspecified atom stereocenters. The van der Waals surface area contributed by atoms with Gasteiger partial charge < -0.3 is 16.0 Å². The van der Waals surface area contributed by atoms with Gasteiger partial charge >= 0.3 is 0 Å². The van der Waals surface area contributed by atoms with Crippen molar-refractivity contribution in [2.75, 3.05) is 31.9 Å². The largest absolute Gasteiger partial charge is 0.384 e. The van der Waals surface area contributed by atoms with Crippen LogP contribution in [0.5, 0.6) is 0 Å². The van der Waals surface area contributed by atoms with Gasteiger partial charge in [-0.1, -0.05) is 6.07 Å². The molecule has 1 aromatic rings. The second kappa shape index (κ2) is 8.96. The SMILES string of the molecule is Cl.Cl.Nc1cccc(C(=O)NCCN2CCCC2)n1. The Morgan fingerprint density at radius 2 is 2.00 bits per heavy atom. The highest BCUT2D eigenvalue weighted by Gasteiger charge is 2.12. The molecule has 2 heterocycles. The summed E-state index contributed by atoms with van der Waals surface area (Å²) in [6, 6.07) is 5.07. The summed E-state index contributed by atoms with van der Waals surface area (Å²) in [5.41, 5.74) is 5.91. The number of nitrogen functional groups attached to an aromatic ring is 1. The third-order valence-corrected chi connectivity index (χ3v) is 2.92. The predicted molar refractivity (Wildman–Crippen MR) is 81.2 cm³/mol. The van der Waals surface area contributed by atoms with E-state index in [0.717, 1.165) is 19.6 Å². The maximum Gasteiger partial charge on any atom is 0.270 e. The van der Waals surface area contributed by atoms with Crippen molar-refractivity contribution in [3.05, 3.63) is 23.9 Å². The number of hydrogen-bond acceptors (Lipinski definition) is 4. The summed E-state index contributed by atoms with van der Waals surface area (Å²) in [6.07, 6.45) is 2.54. The van der Waals surface area contributed by atoms with Gasteiger partial charge in [0, 0.05) is 13.1 Å². The average Bonchev–Trinajstić information content (AvgIpc) is 2.82. The molecule has 19 heavy (non-hydrogen) atoms. The summed E-state index contributed by atoms with van der Waals surface area (Å²) in [4.78, 5) is 18.1. The molecule has 0 radical (unpaired) electrons. The lowest BCUT2D eigenvalue weighted by Crippen LogP contribution is -2.33. The number of anilines is 1. The fraction of sp³-hybridized carbons (Fsp3) is 0.500. The Morgan fingerprint density at radius 1 is 1.32 bits per heavy atom. The average molecular weight is 307 g/mol. The maximum atomic E-state index is 11.7. The van der Waals surface area contributed by atoms with E-state index in [1.807, 2.05) is 0 Å². The number of likely N-dealkylation sites (tertiary alicyclic amines) is 1. The summed E-state index contributed by atoms with van der Waals surface area (Å²) < 4.78 is 0. The van der Waals surface area contributed by atoms with Crippen molar-refractivity contribution >= 4 is 36.5 Å². The molecule has 108 valence electrons. The summed E-state index contributed by atoms with van der Waals surface area (Å²) in [5, 5.41) is 2.85. The zero-order chi connectivity index (χ0) is 12.1. The summed E-state index contributed by atoms with van der Waals surface area (Å²) in [6.45, 7) is 3.86. The molecular formula is C12H20Cl2N4O. The number of carbonyl (C=O) groups is 1. The van der Waals surface area contributed by atoms with Gasteiger partial charge in [0.05, 0.1) is 0 Å². The molecule has 0 saturated carbocycles. The first-order valence-corrected chi connectivity index (χ1v) is 5.99. The van der Waals surface area contributed by atoms with Gasteiger partial charge in [0.2, 0.25) is 0 Å². The van der Waals surface area contributed by atoms with E-state index in [1.54, 1.807) is 18.2 Å². The Hall–Kier alpha value is -1.04. The van der Waals surface area contributed by atoms with Crippen LogP contribution in [0.3, 0.4) is 0 Å². The minimum atomic E-state index is -0.156. The topological polar surface area (TPSA) is 71.2 Å². The molecule has 0 bridgehead atoms. The van der Waals surface area contributed by atoms with Crippen LogP contribution in [0.2, 0.25) is 0 Å². The Kier molecular flexibility index (Phi) is 8.47. The zero-order valence-electron chi connectivity index (χ0n) is 10.7. The highest BCUT2D eigenvalue weighted by molar-refractivity contribution is 5.92. The molecule has 1 amide bonds. The molecular weight excluding hydrogens is 287 g/mol. The Labute approximate surface area is 125 Å². The van der Waals surface area contributed by atoms with Gasteiger partial charge in [0.1, 0.15) is 11.5 Å². The summed E-state index contributed by atoms with van der Waals surface area (Å²) in [5.74, 6) is 0.216. The maximum absolute atomic E-state index is 11.7. The van der Waals surface area contributed by atoms with Gasteiger partial charge in [-0.25, -0.2) is 4.98 Å². The molecule has 2 rings (SSSR count). The van der Waals surface area contributed by atoms with Crippen molar-refractivity contribution in [3.8, 4) is 0 Å². The highest BCUT2D eigenvalue weighted by Crippen LogP contribution is 2.05. The minimum Gasteiger partial charge on any atom is -0.384 e. The molecule has 0 aliphatic carbocycles. The standard InChI is InChI=1S/C12H18N4O.2ClH/c13-11-5-3-4-10(15-11)12(17)14-6-9-16-7-1-2-8-16;;/h3-5H,1-2,6-9H2,(H2,13,15)(H,14,17);2*1H. The second-order valence-electron chi connectivity index (χ2n) is 4.25. The fourth-order valence-electron chi connectivity index (χ4n) is 2.00. The first kappa shape index (κ1) is 18.0. The number of rotatable bonds is 4. The van der Waals surface area contributed by atoms with Crippen LogP contribution in [0.4, 0.5) is 5.82 Å². The smallest absolute Gasteiger partial charge is 0.270 e. The lowest BCUT2D eigenvalue weighted by Gasteiger charge is -2.14. The van der Waals surface area contributed by atoms with E-state index >= 15 is 0 Å². The molecule has 3 N–H and O–H groups in total. The van der Waals surface area contributed by atoms with Crippen LogP contribution in [0.1, 0.15) is 23.3 Å².